The first-order valence-electron chi connectivity index (χ1n) is 9.44. The van der Waals surface area contributed by atoms with Gasteiger partial charge in [-0.1, -0.05) is 33.6 Å². The number of nitrogens with zero attached hydrogens (tertiary/aromatic N) is 3. The van der Waals surface area contributed by atoms with Gasteiger partial charge in [0.15, 0.2) is 5.82 Å². The van der Waals surface area contributed by atoms with Crippen molar-refractivity contribution in [1.29, 1.82) is 0 Å². The van der Waals surface area contributed by atoms with Gasteiger partial charge in [-0.15, -0.1) is 0 Å². The van der Waals surface area contributed by atoms with Gasteiger partial charge in [0.2, 0.25) is 0 Å². The van der Waals surface area contributed by atoms with Gasteiger partial charge in [-0.2, -0.15) is 0 Å². The summed E-state index contributed by atoms with van der Waals surface area (Å²) in [4.78, 5) is 18.9. The van der Waals surface area contributed by atoms with Gasteiger partial charge in [0.1, 0.15) is 11.1 Å². The minimum Gasteiger partial charge on any atom is -0.385 e. The number of hydrogen-bond donors (Lipinski definition) is 2. The Labute approximate surface area is 186 Å². The summed E-state index contributed by atoms with van der Waals surface area (Å²) < 4.78 is 18.0. The Hall–Kier alpha value is -2.00. The molecule has 1 fully saturated rings. The fraction of sp³-hybridized carbons (Fsp3) is 0.333. The molecule has 2 heterocycles. The van der Waals surface area contributed by atoms with E-state index < -0.39 is 17.5 Å². The van der Waals surface area contributed by atoms with Crippen LogP contribution in [0.5, 0.6) is 0 Å². The lowest BCUT2D eigenvalue weighted by atomic mass is 9.86. The van der Waals surface area contributed by atoms with Gasteiger partial charge in [0.05, 0.1) is 24.9 Å². The number of aryl methyl sites for hydroxylation is 1. The van der Waals surface area contributed by atoms with Gasteiger partial charge in [0, 0.05) is 40.1 Å². The van der Waals surface area contributed by atoms with Crippen LogP contribution in [0.2, 0.25) is 5.02 Å². The van der Waals surface area contributed by atoms with Crippen molar-refractivity contribution in [2.24, 2.45) is 12.8 Å². The van der Waals surface area contributed by atoms with Crippen LogP contribution in [0.3, 0.4) is 0 Å². The Morgan fingerprint density at radius 3 is 2.77 bits per heavy atom. The molecular formula is C21H21BrClFN4O2. The second kappa shape index (κ2) is 7.60. The molecule has 0 unspecified atom stereocenters. The monoisotopic (exact) mass is 494 g/mol. The molecule has 30 heavy (non-hydrogen) atoms. The zero-order valence-corrected chi connectivity index (χ0v) is 18.8. The van der Waals surface area contributed by atoms with Gasteiger partial charge >= 0.3 is 0 Å². The molecule has 3 aromatic rings. The van der Waals surface area contributed by atoms with Crippen molar-refractivity contribution in [2.45, 2.75) is 25.0 Å². The van der Waals surface area contributed by atoms with E-state index in [1.165, 1.54) is 11.2 Å². The highest BCUT2D eigenvalue weighted by atomic mass is 79.9. The number of imidazole rings is 1. The first kappa shape index (κ1) is 21.2. The Bertz CT molecular complexity index is 1160. The van der Waals surface area contributed by atoms with E-state index in [2.05, 4.69) is 20.9 Å². The number of nitrogens with two attached hydrogens (primary N) is 1. The van der Waals surface area contributed by atoms with Crippen molar-refractivity contribution in [3.8, 4) is 0 Å². The number of halogens is 3. The van der Waals surface area contributed by atoms with Crippen LogP contribution >= 0.6 is 27.5 Å². The average Bonchev–Trinajstić information content (AvgIpc) is 3.03. The van der Waals surface area contributed by atoms with Crippen LogP contribution in [0.4, 0.5) is 4.39 Å². The lowest BCUT2D eigenvalue weighted by Crippen LogP contribution is -2.70. The molecule has 1 saturated heterocycles. The lowest BCUT2D eigenvalue weighted by Gasteiger charge is -2.48. The molecule has 0 radical (unpaired) electrons. The minimum absolute atomic E-state index is 0.104. The second-order valence-electron chi connectivity index (χ2n) is 7.91. The highest BCUT2D eigenvalue weighted by Crippen LogP contribution is 2.32. The molecule has 0 saturated carbocycles. The van der Waals surface area contributed by atoms with E-state index in [0.717, 1.165) is 4.47 Å². The van der Waals surface area contributed by atoms with E-state index in [1.807, 2.05) is 6.07 Å². The van der Waals surface area contributed by atoms with Crippen LogP contribution in [0.25, 0.3) is 11.0 Å². The number of fused-ring (bicyclic) bond motifs is 1. The molecule has 4 rings (SSSR count). The second-order valence-corrected chi connectivity index (χ2v) is 9.23. The van der Waals surface area contributed by atoms with Crippen LogP contribution < -0.4 is 5.73 Å². The van der Waals surface area contributed by atoms with E-state index in [0.29, 0.717) is 16.1 Å². The number of aromatic nitrogens is 2. The van der Waals surface area contributed by atoms with E-state index in [1.54, 1.807) is 36.7 Å². The van der Waals surface area contributed by atoms with Crippen LogP contribution in [0.15, 0.2) is 35.1 Å². The lowest BCUT2D eigenvalue weighted by molar-refractivity contribution is -0.0931. The third-order valence-electron chi connectivity index (χ3n) is 5.74. The first-order valence-corrected chi connectivity index (χ1v) is 10.6. The maximum atomic E-state index is 15.5. The van der Waals surface area contributed by atoms with Gasteiger partial charge in [0.25, 0.3) is 5.91 Å². The molecule has 1 atom stereocenters. The molecular weight excluding hydrogens is 475 g/mol. The van der Waals surface area contributed by atoms with Gasteiger partial charge in [-0.3, -0.25) is 4.79 Å². The van der Waals surface area contributed by atoms with Gasteiger partial charge < -0.3 is 20.3 Å². The number of rotatable bonds is 4. The van der Waals surface area contributed by atoms with Crippen molar-refractivity contribution in [3.05, 3.63) is 62.6 Å². The number of aliphatic hydroxyl groups is 1. The van der Waals surface area contributed by atoms with Gasteiger partial charge in [-0.25, -0.2) is 9.37 Å². The highest BCUT2D eigenvalue weighted by Gasteiger charge is 2.47. The number of carbonyl (C=O) groups excluding carboxylic acids is 1. The highest BCUT2D eigenvalue weighted by molar-refractivity contribution is 9.10. The molecule has 2 aromatic carbocycles. The predicted octanol–water partition coefficient (Wildman–Crippen LogP) is 3.25. The number of β-amino-alcohol motifs (C(OH)–C–C–N with tert-alkyl or cyclic N) is 1. The summed E-state index contributed by atoms with van der Waals surface area (Å²) in [7, 11) is 1.74. The molecule has 9 heteroatoms. The SMILES string of the molecule is C[C@H](N)C1(O)CN(C(=O)c2cc3c(ncn3C)c(F)c2Cc2ccc(Br)cc2Cl)C1. The van der Waals surface area contributed by atoms with Gasteiger partial charge in [-0.05, 0) is 30.7 Å². The van der Waals surface area contributed by atoms with Crippen molar-refractivity contribution in [1.82, 2.24) is 14.5 Å². The molecule has 1 aromatic heterocycles. The molecule has 1 amide bonds. The summed E-state index contributed by atoms with van der Waals surface area (Å²) in [6.45, 7) is 1.91. The quantitative estimate of drug-likeness (QED) is 0.582. The summed E-state index contributed by atoms with van der Waals surface area (Å²) in [5.41, 5.74) is 6.57. The Balaban J connectivity index is 1.78. The van der Waals surface area contributed by atoms with Crippen molar-refractivity contribution < 1.29 is 14.3 Å². The fourth-order valence-corrected chi connectivity index (χ4v) is 4.44. The van der Waals surface area contributed by atoms with E-state index in [9.17, 15) is 9.90 Å². The van der Waals surface area contributed by atoms with Crippen LogP contribution in [0, 0.1) is 5.82 Å². The standard InChI is InChI=1S/C21H21BrClFN4O2/c1-11(25)21(30)8-28(9-21)20(29)15-7-17-19(26-10-27(17)2)18(24)14(15)5-12-3-4-13(22)6-16(12)23/h3-4,6-7,10-11,30H,5,8-9,25H2,1-2H3/t11-/m0/s1. The predicted molar refractivity (Wildman–Crippen MR) is 117 cm³/mol. The Morgan fingerprint density at radius 1 is 1.43 bits per heavy atom. The van der Waals surface area contributed by atoms with Crippen molar-refractivity contribution >= 4 is 44.5 Å². The number of likely N-dealkylation sites (tertiary alicyclic amines) is 1. The summed E-state index contributed by atoms with van der Waals surface area (Å²) in [6, 6.07) is 6.52. The maximum Gasteiger partial charge on any atom is 0.254 e. The number of hydrogen-bond acceptors (Lipinski definition) is 4. The maximum absolute atomic E-state index is 15.5. The summed E-state index contributed by atoms with van der Waals surface area (Å²) >= 11 is 9.71. The van der Waals surface area contributed by atoms with Crippen molar-refractivity contribution in [2.75, 3.05) is 13.1 Å². The summed E-state index contributed by atoms with van der Waals surface area (Å²) in [6.07, 6.45) is 1.65. The molecule has 0 bridgehead atoms. The van der Waals surface area contributed by atoms with E-state index in [-0.39, 0.29) is 42.1 Å². The molecule has 3 N–H and O–H groups in total. The third-order valence-corrected chi connectivity index (χ3v) is 6.58. The minimum atomic E-state index is -1.12. The first-order chi connectivity index (χ1) is 14.1. The Morgan fingerprint density at radius 2 is 2.13 bits per heavy atom. The van der Waals surface area contributed by atoms with Crippen molar-refractivity contribution in [3.63, 3.8) is 0 Å². The number of benzene rings is 2. The van der Waals surface area contributed by atoms with Crippen LogP contribution in [-0.4, -0.2) is 50.2 Å². The zero-order chi connectivity index (χ0) is 21.8. The van der Waals surface area contributed by atoms with E-state index in [4.69, 9.17) is 17.3 Å². The normalized spacial score (nSPS) is 16.6. The number of carbonyl (C=O) groups is 1. The smallest absolute Gasteiger partial charge is 0.254 e. The molecule has 1 aliphatic heterocycles. The Kier molecular flexibility index (Phi) is 5.38. The molecule has 0 aliphatic carbocycles. The van der Waals surface area contributed by atoms with E-state index >= 15 is 4.39 Å². The molecule has 6 nitrogen and oxygen atoms in total. The number of amides is 1. The summed E-state index contributed by atoms with van der Waals surface area (Å²) in [5.74, 6) is -0.899. The van der Waals surface area contributed by atoms with Crippen LogP contribution in [-0.2, 0) is 13.5 Å². The molecule has 0 spiro atoms. The topological polar surface area (TPSA) is 84.4 Å². The molecule has 1 aliphatic rings. The van der Waals surface area contributed by atoms with Crippen LogP contribution in [0.1, 0.15) is 28.4 Å². The largest absolute Gasteiger partial charge is 0.385 e. The zero-order valence-electron chi connectivity index (χ0n) is 16.5. The average molecular weight is 496 g/mol. The molecule has 158 valence electrons. The third kappa shape index (κ3) is 3.51. The fourth-order valence-electron chi connectivity index (χ4n) is 3.70. The summed E-state index contributed by atoms with van der Waals surface area (Å²) in [5, 5.41) is 10.9.